The van der Waals surface area contributed by atoms with Crippen LogP contribution >= 0.6 is 11.6 Å². The first-order chi connectivity index (χ1) is 12.1. The predicted octanol–water partition coefficient (Wildman–Crippen LogP) is 4.34. The zero-order valence-corrected chi connectivity index (χ0v) is 14.4. The maximum Gasteiger partial charge on any atom is 0.330 e. The molecule has 1 aromatic heterocycles. The second-order valence-electron chi connectivity index (χ2n) is 5.56. The molecular formula is C20H16ClNO3. The van der Waals surface area contributed by atoms with Crippen molar-refractivity contribution < 1.29 is 14.3 Å². The summed E-state index contributed by atoms with van der Waals surface area (Å²) in [6.07, 6.45) is 5.54. The molecule has 2 aromatic carbocycles. The molecule has 5 heteroatoms. The fraction of sp³-hybridized carbons (Fsp3) is 0.100. The highest BCUT2D eigenvalue weighted by Gasteiger charge is 2.13. The molecule has 0 amide bonds. The molecule has 0 fully saturated rings. The lowest BCUT2D eigenvalue weighted by Gasteiger charge is -2.07. The maximum absolute atomic E-state index is 11.6. The van der Waals surface area contributed by atoms with Gasteiger partial charge in [-0.2, -0.15) is 0 Å². The maximum atomic E-state index is 11.6. The fourth-order valence-electron chi connectivity index (χ4n) is 2.81. The van der Waals surface area contributed by atoms with Crippen LogP contribution in [0.4, 0.5) is 0 Å². The monoisotopic (exact) mass is 353 g/mol. The standard InChI is InChI=1S/C20H16ClNO3/c1-25-19(24)8-7-15-9-17(21)10-18-20(15)16(13-23)12-22(18)11-14-5-3-2-4-6-14/h2-10,12-13H,11H2,1H3/b8-7+. The highest BCUT2D eigenvalue weighted by atomic mass is 35.5. The minimum absolute atomic E-state index is 0.468. The third kappa shape index (κ3) is 3.64. The number of rotatable bonds is 5. The quantitative estimate of drug-likeness (QED) is 0.389. The van der Waals surface area contributed by atoms with Crippen LogP contribution in [0.2, 0.25) is 5.02 Å². The number of carbonyl (C=O) groups excluding carboxylic acids is 2. The summed E-state index contributed by atoms with van der Waals surface area (Å²) in [4.78, 5) is 22.9. The Morgan fingerprint density at radius 2 is 1.96 bits per heavy atom. The van der Waals surface area contributed by atoms with Crippen LogP contribution in [0.15, 0.2) is 54.7 Å². The van der Waals surface area contributed by atoms with Gasteiger partial charge in [0.05, 0.1) is 12.6 Å². The summed E-state index contributed by atoms with van der Waals surface area (Å²) < 4.78 is 6.60. The second-order valence-corrected chi connectivity index (χ2v) is 6.00. The second kappa shape index (κ2) is 7.36. The number of nitrogens with zero attached hydrogens (tertiary/aromatic N) is 1. The largest absolute Gasteiger partial charge is 0.466 e. The number of aldehydes is 1. The summed E-state index contributed by atoms with van der Waals surface area (Å²) in [6.45, 7) is 0.617. The van der Waals surface area contributed by atoms with Gasteiger partial charge in [-0.25, -0.2) is 4.79 Å². The number of fused-ring (bicyclic) bond motifs is 1. The Morgan fingerprint density at radius 3 is 2.64 bits per heavy atom. The van der Waals surface area contributed by atoms with E-state index in [0.29, 0.717) is 22.7 Å². The molecule has 126 valence electrons. The van der Waals surface area contributed by atoms with Crippen LogP contribution in [0.25, 0.3) is 17.0 Å². The number of hydrogen-bond donors (Lipinski definition) is 0. The third-order valence-electron chi connectivity index (χ3n) is 3.93. The van der Waals surface area contributed by atoms with E-state index in [4.69, 9.17) is 11.6 Å². The van der Waals surface area contributed by atoms with Gasteiger partial charge in [-0.15, -0.1) is 0 Å². The Morgan fingerprint density at radius 1 is 1.20 bits per heavy atom. The highest BCUT2D eigenvalue weighted by molar-refractivity contribution is 6.31. The Bertz CT molecular complexity index is 958. The summed E-state index contributed by atoms with van der Waals surface area (Å²) in [7, 11) is 1.31. The minimum atomic E-state index is -0.468. The molecule has 25 heavy (non-hydrogen) atoms. The topological polar surface area (TPSA) is 48.3 Å². The summed E-state index contributed by atoms with van der Waals surface area (Å²) in [6, 6.07) is 13.5. The van der Waals surface area contributed by atoms with Crippen molar-refractivity contribution in [3.05, 3.63) is 76.5 Å². The molecule has 0 saturated heterocycles. The molecule has 0 bridgehead atoms. The zero-order chi connectivity index (χ0) is 17.8. The molecular weight excluding hydrogens is 338 g/mol. The van der Waals surface area contributed by atoms with Crippen LogP contribution in [0, 0.1) is 0 Å². The number of halogens is 1. The number of methoxy groups -OCH3 is 1. The summed E-state index contributed by atoms with van der Waals surface area (Å²) in [5.41, 5.74) is 3.19. The van der Waals surface area contributed by atoms with Crippen LogP contribution in [-0.4, -0.2) is 23.9 Å². The van der Waals surface area contributed by atoms with Crippen molar-refractivity contribution in [1.29, 1.82) is 0 Å². The molecule has 1 heterocycles. The first-order valence-electron chi connectivity index (χ1n) is 7.70. The van der Waals surface area contributed by atoms with Crippen molar-refractivity contribution in [1.82, 2.24) is 4.57 Å². The molecule has 0 saturated carbocycles. The number of benzene rings is 2. The summed E-state index contributed by atoms with van der Waals surface area (Å²) >= 11 is 6.25. The van der Waals surface area contributed by atoms with Crippen LogP contribution in [0.3, 0.4) is 0 Å². The Labute approximate surface area is 150 Å². The van der Waals surface area contributed by atoms with Crippen LogP contribution in [-0.2, 0) is 16.1 Å². The number of ether oxygens (including phenoxy) is 1. The van der Waals surface area contributed by atoms with Crippen LogP contribution in [0.5, 0.6) is 0 Å². The van der Waals surface area contributed by atoms with Gasteiger partial charge in [-0.05, 0) is 29.3 Å². The van der Waals surface area contributed by atoms with Crippen molar-refractivity contribution in [3.63, 3.8) is 0 Å². The molecule has 0 spiro atoms. The van der Waals surface area contributed by atoms with E-state index in [1.165, 1.54) is 13.2 Å². The van der Waals surface area contributed by atoms with E-state index < -0.39 is 5.97 Å². The van der Waals surface area contributed by atoms with Crippen molar-refractivity contribution in [2.75, 3.05) is 7.11 Å². The van der Waals surface area contributed by atoms with E-state index in [-0.39, 0.29) is 0 Å². The predicted molar refractivity (Wildman–Crippen MR) is 98.9 cm³/mol. The van der Waals surface area contributed by atoms with Crippen molar-refractivity contribution in [2.24, 2.45) is 0 Å². The van der Waals surface area contributed by atoms with Crippen LogP contribution in [0.1, 0.15) is 21.5 Å². The number of esters is 1. The molecule has 0 aliphatic rings. The van der Waals surface area contributed by atoms with Gasteiger partial charge in [-0.3, -0.25) is 4.79 Å². The Kier molecular flexibility index (Phi) is 5.00. The molecule has 0 N–H and O–H groups in total. The van der Waals surface area contributed by atoms with Crippen LogP contribution < -0.4 is 0 Å². The number of carbonyl (C=O) groups is 2. The van der Waals surface area contributed by atoms with E-state index >= 15 is 0 Å². The van der Waals surface area contributed by atoms with Gasteiger partial charge >= 0.3 is 5.97 Å². The van der Waals surface area contributed by atoms with E-state index in [2.05, 4.69) is 4.74 Å². The van der Waals surface area contributed by atoms with E-state index in [9.17, 15) is 9.59 Å². The normalized spacial score (nSPS) is 11.1. The van der Waals surface area contributed by atoms with Gasteiger partial charge in [0.25, 0.3) is 0 Å². The third-order valence-corrected chi connectivity index (χ3v) is 4.15. The summed E-state index contributed by atoms with van der Waals surface area (Å²) in [5, 5.41) is 1.29. The molecule has 4 nitrogen and oxygen atoms in total. The molecule has 0 aliphatic carbocycles. The van der Waals surface area contributed by atoms with Gasteiger partial charge in [0.1, 0.15) is 0 Å². The number of hydrogen-bond acceptors (Lipinski definition) is 3. The molecule has 3 aromatic rings. The van der Waals surface area contributed by atoms with Gasteiger partial charge in [0.15, 0.2) is 6.29 Å². The average molecular weight is 354 g/mol. The average Bonchev–Trinajstić information content (AvgIpc) is 2.97. The molecule has 0 aliphatic heterocycles. The molecule has 0 radical (unpaired) electrons. The van der Waals surface area contributed by atoms with Gasteiger partial charge < -0.3 is 9.30 Å². The fourth-order valence-corrected chi connectivity index (χ4v) is 3.03. The first-order valence-corrected chi connectivity index (χ1v) is 8.07. The van der Waals surface area contributed by atoms with Crippen molar-refractivity contribution in [2.45, 2.75) is 6.54 Å². The first kappa shape index (κ1) is 17.0. The minimum Gasteiger partial charge on any atom is -0.466 e. The van der Waals surface area contributed by atoms with E-state index in [1.54, 1.807) is 18.3 Å². The Hall–Kier alpha value is -2.85. The molecule has 0 atom stereocenters. The Balaban J connectivity index is 2.14. The highest BCUT2D eigenvalue weighted by Crippen LogP contribution is 2.30. The van der Waals surface area contributed by atoms with Gasteiger partial charge in [0.2, 0.25) is 0 Å². The number of aromatic nitrogens is 1. The summed E-state index contributed by atoms with van der Waals surface area (Å²) in [5.74, 6) is -0.468. The smallest absolute Gasteiger partial charge is 0.330 e. The van der Waals surface area contributed by atoms with Gasteiger partial charge in [0, 0.05) is 34.8 Å². The van der Waals surface area contributed by atoms with Crippen molar-refractivity contribution >= 4 is 40.8 Å². The van der Waals surface area contributed by atoms with Crippen molar-refractivity contribution in [3.8, 4) is 0 Å². The molecule has 0 unspecified atom stereocenters. The lowest BCUT2D eigenvalue weighted by atomic mass is 10.1. The molecule has 3 rings (SSSR count). The van der Waals surface area contributed by atoms with E-state index in [1.807, 2.05) is 41.0 Å². The lowest BCUT2D eigenvalue weighted by molar-refractivity contribution is -0.134. The lowest BCUT2D eigenvalue weighted by Crippen LogP contribution is -1.97. The van der Waals surface area contributed by atoms with E-state index in [0.717, 1.165) is 22.8 Å². The SMILES string of the molecule is COC(=O)/C=C/c1cc(Cl)cc2c1c(C=O)cn2Cc1ccccc1. The van der Waals surface area contributed by atoms with Gasteiger partial charge in [-0.1, -0.05) is 41.9 Å². The zero-order valence-electron chi connectivity index (χ0n) is 13.6.